The van der Waals surface area contributed by atoms with Gasteiger partial charge in [-0.05, 0) is 17.4 Å². The summed E-state index contributed by atoms with van der Waals surface area (Å²) in [7, 11) is 1.31. The Balaban J connectivity index is 1.84. The molecule has 1 N–H and O–H groups in total. The molecule has 1 aromatic rings. The molecule has 1 aromatic carbocycles. The highest BCUT2D eigenvalue weighted by Crippen LogP contribution is 2.31. The van der Waals surface area contributed by atoms with Crippen molar-refractivity contribution in [3.05, 3.63) is 48.0 Å². The van der Waals surface area contributed by atoms with Gasteiger partial charge in [0.2, 0.25) is 0 Å². The second kappa shape index (κ2) is 10.4. The van der Waals surface area contributed by atoms with E-state index in [-0.39, 0.29) is 24.5 Å². The number of esters is 1. The quantitative estimate of drug-likeness (QED) is 0.564. The molecule has 0 amide bonds. The SMILES string of the molecule is COC(=O)/C=C/CO[C@@H]1OC(COCc2ccccc2)[C@@H](C)[C@H](C)C1O. The van der Waals surface area contributed by atoms with Crippen LogP contribution in [-0.2, 0) is 30.3 Å². The number of hydrogen-bond donors (Lipinski definition) is 1. The molecular formula is C20H28O6. The van der Waals surface area contributed by atoms with Gasteiger partial charge in [-0.1, -0.05) is 50.3 Å². The van der Waals surface area contributed by atoms with E-state index in [4.69, 9.17) is 14.2 Å². The van der Waals surface area contributed by atoms with E-state index in [2.05, 4.69) is 4.74 Å². The molecule has 1 saturated heterocycles. The topological polar surface area (TPSA) is 74.2 Å². The van der Waals surface area contributed by atoms with Gasteiger partial charge >= 0.3 is 5.97 Å². The maximum absolute atomic E-state index is 11.0. The van der Waals surface area contributed by atoms with E-state index < -0.39 is 18.4 Å². The smallest absolute Gasteiger partial charge is 0.330 e. The van der Waals surface area contributed by atoms with Crippen molar-refractivity contribution in [2.45, 2.75) is 39.0 Å². The molecule has 5 atom stereocenters. The van der Waals surface area contributed by atoms with Crippen molar-refractivity contribution in [1.29, 1.82) is 0 Å². The first-order valence-corrected chi connectivity index (χ1v) is 8.84. The van der Waals surface area contributed by atoms with Crippen molar-refractivity contribution in [3.63, 3.8) is 0 Å². The normalized spacial score (nSPS) is 29.0. The zero-order valence-electron chi connectivity index (χ0n) is 15.5. The number of aliphatic hydroxyl groups excluding tert-OH is 1. The highest BCUT2D eigenvalue weighted by atomic mass is 16.7. The Kier molecular flexibility index (Phi) is 8.25. The van der Waals surface area contributed by atoms with Crippen molar-refractivity contribution in [2.24, 2.45) is 11.8 Å². The van der Waals surface area contributed by atoms with Gasteiger partial charge in [0, 0.05) is 6.08 Å². The summed E-state index contributed by atoms with van der Waals surface area (Å²) in [4.78, 5) is 11.0. The van der Waals surface area contributed by atoms with Gasteiger partial charge in [-0.2, -0.15) is 0 Å². The molecule has 2 unspecified atom stereocenters. The second-order valence-corrected chi connectivity index (χ2v) is 6.51. The third-order valence-corrected chi connectivity index (χ3v) is 4.75. The van der Waals surface area contributed by atoms with E-state index in [1.54, 1.807) is 0 Å². The lowest BCUT2D eigenvalue weighted by Gasteiger charge is -2.42. The highest BCUT2D eigenvalue weighted by Gasteiger charge is 2.41. The lowest BCUT2D eigenvalue weighted by atomic mass is 9.84. The van der Waals surface area contributed by atoms with Crippen molar-refractivity contribution in [2.75, 3.05) is 20.3 Å². The van der Waals surface area contributed by atoms with E-state index in [9.17, 15) is 9.90 Å². The summed E-state index contributed by atoms with van der Waals surface area (Å²) in [5, 5.41) is 10.4. The summed E-state index contributed by atoms with van der Waals surface area (Å²) in [6.45, 7) is 5.10. The summed E-state index contributed by atoms with van der Waals surface area (Å²) >= 11 is 0. The van der Waals surface area contributed by atoms with Crippen LogP contribution in [0.5, 0.6) is 0 Å². The van der Waals surface area contributed by atoms with Gasteiger partial charge in [0.15, 0.2) is 6.29 Å². The molecule has 0 radical (unpaired) electrons. The van der Waals surface area contributed by atoms with Gasteiger partial charge in [-0.25, -0.2) is 4.79 Å². The van der Waals surface area contributed by atoms with Gasteiger partial charge < -0.3 is 24.1 Å². The first kappa shape index (κ1) is 20.6. The Hall–Kier alpha value is -1.73. The minimum absolute atomic E-state index is 0.00339. The third kappa shape index (κ3) is 5.92. The molecule has 144 valence electrons. The fourth-order valence-electron chi connectivity index (χ4n) is 2.83. The van der Waals surface area contributed by atoms with E-state index in [1.165, 1.54) is 19.3 Å². The average molecular weight is 364 g/mol. The number of benzene rings is 1. The molecule has 0 saturated carbocycles. The summed E-state index contributed by atoms with van der Waals surface area (Å²) < 4.78 is 21.8. The van der Waals surface area contributed by atoms with Crippen LogP contribution in [0.1, 0.15) is 19.4 Å². The van der Waals surface area contributed by atoms with E-state index in [0.29, 0.717) is 13.2 Å². The molecule has 1 aliphatic heterocycles. The molecule has 0 aliphatic carbocycles. The van der Waals surface area contributed by atoms with Crippen LogP contribution in [0, 0.1) is 11.8 Å². The van der Waals surface area contributed by atoms with Crippen LogP contribution in [0.15, 0.2) is 42.5 Å². The molecule has 0 aromatic heterocycles. The summed E-state index contributed by atoms with van der Waals surface area (Å²) in [5.41, 5.74) is 1.10. The average Bonchev–Trinajstić information content (AvgIpc) is 2.66. The number of ether oxygens (including phenoxy) is 4. The highest BCUT2D eigenvalue weighted by molar-refractivity contribution is 5.81. The predicted octanol–water partition coefficient (Wildman–Crippen LogP) is 2.31. The van der Waals surface area contributed by atoms with Crippen molar-refractivity contribution < 1.29 is 28.8 Å². The second-order valence-electron chi connectivity index (χ2n) is 6.51. The van der Waals surface area contributed by atoms with Crippen LogP contribution >= 0.6 is 0 Å². The standard InChI is InChI=1S/C20H28O6/c1-14-15(2)19(22)20(25-11-7-10-18(21)23-3)26-17(14)13-24-12-16-8-5-4-6-9-16/h4-10,14-15,17,19-20,22H,11-13H2,1-3H3/b10-7+/t14-,15-,17?,19?,20+/m0/s1. The Morgan fingerprint density at radius 2 is 1.96 bits per heavy atom. The fraction of sp³-hybridized carbons (Fsp3) is 0.550. The van der Waals surface area contributed by atoms with Crippen LogP contribution in [0.2, 0.25) is 0 Å². The number of carbonyl (C=O) groups excluding carboxylic acids is 1. The van der Waals surface area contributed by atoms with Crippen molar-refractivity contribution >= 4 is 5.97 Å². The molecule has 1 aliphatic rings. The number of hydrogen-bond acceptors (Lipinski definition) is 6. The van der Waals surface area contributed by atoms with Gasteiger partial charge in [-0.3, -0.25) is 0 Å². The molecule has 0 spiro atoms. The summed E-state index contributed by atoms with van der Waals surface area (Å²) in [6.07, 6.45) is 1.15. The molecular weight excluding hydrogens is 336 g/mol. The van der Waals surface area contributed by atoms with Crippen LogP contribution in [0.25, 0.3) is 0 Å². The number of rotatable bonds is 8. The largest absolute Gasteiger partial charge is 0.466 e. The van der Waals surface area contributed by atoms with Gasteiger partial charge in [0.25, 0.3) is 0 Å². The van der Waals surface area contributed by atoms with Crippen LogP contribution in [-0.4, -0.2) is 49.9 Å². The van der Waals surface area contributed by atoms with Gasteiger partial charge in [0.05, 0.1) is 33.0 Å². The molecule has 2 rings (SSSR count). The minimum atomic E-state index is -0.756. The molecule has 26 heavy (non-hydrogen) atoms. The Labute approximate surface area is 154 Å². The third-order valence-electron chi connectivity index (χ3n) is 4.75. The maximum atomic E-state index is 11.0. The zero-order chi connectivity index (χ0) is 18.9. The van der Waals surface area contributed by atoms with Crippen molar-refractivity contribution in [1.82, 2.24) is 0 Å². The number of carbonyl (C=O) groups is 1. The van der Waals surface area contributed by atoms with Gasteiger partial charge in [-0.15, -0.1) is 0 Å². The van der Waals surface area contributed by atoms with Crippen LogP contribution in [0.4, 0.5) is 0 Å². The predicted molar refractivity (Wildman–Crippen MR) is 96.2 cm³/mol. The molecule has 1 heterocycles. The van der Waals surface area contributed by atoms with E-state index in [1.807, 2.05) is 44.2 Å². The maximum Gasteiger partial charge on any atom is 0.330 e. The lowest BCUT2D eigenvalue weighted by Crippen LogP contribution is -2.51. The number of aliphatic hydroxyl groups is 1. The molecule has 6 heteroatoms. The van der Waals surface area contributed by atoms with Gasteiger partial charge in [0.1, 0.15) is 6.10 Å². The van der Waals surface area contributed by atoms with Crippen LogP contribution < -0.4 is 0 Å². The Morgan fingerprint density at radius 1 is 1.23 bits per heavy atom. The monoisotopic (exact) mass is 364 g/mol. The lowest BCUT2D eigenvalue weighted by molar-refractivity contribution is -0.274. The number of methoxy groups -OCH3 is 1. The molecule has 6 nitrogen and oxygen atoms in total. The Bertz CT molecular complexity index is 573. The van der Waals surface area contributed by atoms with E-state index in [0.717, 1.165) is 5.56 Å². The summed E-state index contributed by atoms with van der Waals surface area (Å²) in [5.74, 6) is -0.317. The van der Waals surface area contributed by atoms with Crippen molar-refractivity contribution in [3.8, 4) is 0 Å². The first-order valence-electron chi connectivity index (χ1n) is 8.84. The minimum Gasteiger partial charge on any atom is -0.466 e. The fourth-order valence-corrected chi connectivity index (χ4v) is 2.83. The van der Waals surface area contributed by atoms with E-state index >= 15 is 0 Å². The molecule has 1 fully saturated rings. The first-order chi connectivity index (χ1) is 12.5. The Morgan fingerprint density at radius 3 is 2.65 bits per heavy atom. The molecule has 0 bridgehead atoms. The van der Waals surface area contributed by atoms with Crippen LogP contribution in [0.3, 0.4) is 0 Å². The summed E-state index contributed by atoms with van der Waals surface area (Å²) in [6, 6.07) is 9.94. The zero-order valence-corrected chi connectivity index (χ0v) is 15.5.